The molecule has 0 aliphatic carbocycles. The maximum absolute atomic E-state index is 12.4. The molecule has 4 amide bonds. The van der Waals surface area contributed by atoms with Crippen LogP contribution in [-0.2, 0) is 25.5 Å². The molecule has 2 aliphatic heterocycles. The number of nitrogens with zero attached hydrogens (tertiary/aromatic N) is 4. The number of para-hydroxylation sites is 1. The highest BCUT2D eigenvalue weighted by Crippen LogP contribution is 2.25. The molecule has 0 atom stereocenters. The lowest BCUT2D eigenvalue weighted by Crippen LogP contribution is -2.52. The Hall–Kier alpha value is -3.47. The molecule has 3 heterocycles. The zero-order valence-electron chi connectivity index (χ0n) is 18.1. The lowest BCUT2D eigenvalue weighted by Gasteiger charge is -2.34. The van der Waals surface area contributed by atoms with Gasteiger partial charge in [-0.05, 0) is 18.6 Å². The zero-order chi connectivity index (χ0) is 23.2. The summed E-state index contributed by atoms with van der Waals surface area (Å²) in [5.41, 5.74) is 1.23. The smallest absolute Gasteiger partial charge is 0.321 e. The fraction of sp³-hybridized carbons (Fsp3) is 0.409. The molecule has 0 spiro atoms. The first-order valence-corrected chi connectivity index (χ1v) is 11.7. The van der Waals surface area contributed by atoms with Crippen molar-refractivity contribution in [3.63, 3.8) is 0 Å². The van der Waals surface area contributed by atoms with E-state index in [2.05, 4.69) is 10.3 Å². The van der Waals surface area contributed by atoms with E-state index in [-0.39, 0.29) is 30.9 Å². The van der Waals surface area contributed by atoms with Gasteiger partial charge in [-0.25, -0.2) is 9.78 Å². The van der Waals surface area contributed by atoms with E-state index >= 15 is 0 Å². The van der Waals surface area contributed by atoms with Gasteiger partial charge in [-0.1, -0.05) is 18.2 Å². The molecule has 10 nitrogen and oxygen atoms in total. The number of piperazine rings is 1. The van der Waals surface area contributed by atoms with Crippen molar-refractivity contribution >= 4 is 46.0 Å². The van der Waals surface area contributed by atoms with Crippen molar-refractivity contribution in [3.8, 4) is 0 Å². The summed E-state index contributed by atoms with van der Waals surface area (Å²) < 4.78 is 5.13. The number of aromatic nitrogens is 1. The molecule has 1 N–H and O–H groups in total. The molecule has 0 unspecified atom stereocenters. The molecule has 2 aromatic rings. The van der Waals surface area contributed by atoms with Crippen LogP contribution >= 0.6 is 11.3 Å². The Morgan fingerprint density at radius 3 is 2.45 bits per heavy atom. The lowest BCUT2D eigenvalue weighted by molar-refractivity contribution is -0.152. The summed E-state index contributed by atoms with van der Waals surface area (Å²) in [6, 6.07) is 8.97. The van der Waals surface area contributed by atoms with Crippen LogP contribution in [0.4, 0.5) is 15.6 Å². The Labute approximate surface area is 195 Å². The summed E-state index contributed by atoms with van der Waals surface area (Å²) in [5, 5.41) is 5.14. The first-order chi connectivity index (χ1) is 16.0. The highest BCUT2D eigenvalue weighted by molar-refractivity contribution is 7.14. The number of carbonyl (C=O) groups excluding carboxylic acids is 4. The maximum Gasteiger partial charge on any atom is 0.321 e. The lowest BCUT2D eigenvalue weighted by atomic mass is 10.3. The summed E-state index contributed by atoms with van der Waals surface area (Å²) in [4.78, 5) is 57.9. The van der Waals surface area contributed by atoms with Gasteiger partial charge in [0, 0.05) is 50.2 Å². The molecule has 0 saturated carbocycles. The zero-order valence-corrected chi connectivity index (χ0v) is 18.9. The number of hydrogen-bond acceptors (Lipinski definition) is 7. The van der Waals surface area contributed by atoms with Crippen molar-refractivity contribution in [1.29, 1.82) is 0 Å². The molecular formula is C22H25N5O5S. The number of carbonyl (C=O) groups is 4. The topological polar surface area (TPSA) is 112 Å². The van der Waals surface area contributed by atoms with E-state index in [0.717, 1.165) is 6.42 Å². The highest BCUT2D eigenvalue weighted by atomic mass is 32.1. The summed E-state index contributed by atoms with van der Waals surface area (Å²) >= 11 is 1.32. The molecule has 0 radical (unpaired) electrons. The van der Waals surface area contributed by atoms with E-state index in [4.69, 9.17) is 4.74 Å². The SMILES string of the molecule is O=C(Cc1csc(N2CCCC2=O)n1)OCC(=O)N1CCN(C(=O)Nc2ccccc2)CC1. The highest BCUT2D eigenvalue weighted by Gasteiger charge is 2.26. The number of rotatable bonds is 6. The predicted molar refractivity (Wildman–Crippen MR) is 122 cm³/mol. The number of benzene rings is 1. The summed E-state index contributed by atoms with van der Waals surface area (Å²) in [5.74, 6) is -0.802. The summed E-state index contributed by atoms with van der Waals surface area (Å²) in [6.45, 7) is 1.84. The van der Waals surface area contributed by atoms with Gasteiger partial charge >= 0.3 is 12.0 Å². The molecule has 2 aliphatic rings. The number of nitrogens with one attached hydrogen (secondary N) is 1. The third-order valence-corrected chi connectivity index (χ3v) is 6.38. The Balaban J connectivity index is 1.17. The van der Waals surface area contributed by atoms with Gasteiger partial charge in [0.15, 0.2) is 11.7 Å². The second-order valence-corrected chi connectivity index (χ2v) is 8.61. The molecule has 11 heteroatoms. The maximum atomic E-state index is 12.4. The second kappa shape index (κ2) is 10.4. The minimum absolute atomic E-state index is 0.0433. The number of ether oxygens (including phenoxy) is 1. The van der Waals surface area contributed by atoms with Gasteiger partial charge in [0.2, 0.25) is 5.91 Å². The molecule has 174 valence electrons. The third kappa shape index (κ3) is 5.86. The molecule has 33 heavy (non-hydrogen) atoms. The Morgan fingerprint density at radius 1 is 1.03 bits per heavy atom. The molecule has 2 fully saturated rings. The molecule has 4 rings (SSSR count). The van der Waals surface area contributed by atoms with Crippen LogP contribution < -0.4 is 10.2 Å². The van der Waals surface area contributed by atoms with Crippen LogP contribution in [0.25, 0.3) is 0 Å². The first kappa shape index (κ1) is 22.7. The second-order valence-electron chi connectivity index (χ2n) is 7.77. The number of thiazole rings is 1. The molecule has 1 aromatic carbocycles. The van der Waals surface area contributed by atoms with Gasteiger partial charge in [0.25, 0.3) is 5.91 Å². The van der Waals surface area contributed by atoms with Gasteiger partial charge in [-0.15, -0.1) is 11.3 Å². The Morgan fingerprint density at radius 2 is 1.76 bits per heavy atom. The van der Waals surface area contributed by atoms with E-state index in [9.17, 15) is 19.2 Å². The number of urea groups is 1. The van der Waals surface area contributed by atoms with Crippen LogP contribution in [0.5, 0.6) is 0 Å². The summed E-state index contributed by atoms with van der Waals surface area (Å²) in [6.07, 6.45) is 1.27. The standard InChI is InChI=1S/C22H25N5O5S/c28-18-7-4-8-27(18)22-24-17(15-33-22)13-20(30)32-14-19(29)25-9-11-26(12-10-25)21(31)23-16-5-2-1-3-6-16/h1-3,5-6,15H,4,7-14H2,(H,23,31). The normalized spacial score (nSPS) is 16.1. The van der Waals surface area contributed by atoms with E-state index in [1.807, 2.05) is 30.3 Å². The van der Waals surface area contributed by atoms with Crippen LogP contribution in [0.15, 0.2) is 35.7 Å². The van der Waals surface area contributed by atoms with Crippen molar-refractivity contribution in [2.24, 2.45) is 0 Å². The largest absolute Gasteiger partial charge is 0.455 e. The Bertz CT molecular complexity index is 1020. The van der Waals surface area contributed by atoms with Gasteiger partial charge in [0.1, 0.15) is 0 Å². The van der Waals surface area contributed by atoms with Crippen LogP contribution in [0.2, 0.25) is 0 Å². The Kier molecular flexibility index (Phi) is 7.18. The van der Waals surface area contributed by atoms with Crippen LogP contribution in [0.3, 0.4) is 0 Å². The fourth-order valence-corrected chi connectivity index (χ4v) is 4.54. The van der Waals surface area contributed by atoms with Crippen LogP contribution in [0, 0.1) is 0 Å². The van der Waals surface area contributed by atoms with E-state index in [0.29, 0.717) is 55.7 Å². The number of esters is 1. The molecule has 0 bridgehead atoms. The third-order valence-electron chi connectivity index (χ3n) is 5.47. The van der Waals surface area contributed by atoms with Gasteiger partial charge in [-0.2, -0.15) is 0 Å². The first-order valence-electron chi connectivity index (χ1n) is 10.8. The number of amides is 4. The molecule has 1 aromatic heterocycles. The minimum atomic E-state index is -0.547. The quantitative estimate of drug-likeness (QED) is 0.642. The van der Waals surface area contributed by atoms with Crippen molar-refractivity contribution in [3.05, 3.63) is 41.4 Å². The fourth-order valence-electron chi connectivity index (χ4n) is 3.67. The number of anilines is 2. The predicted octanol–water partition coefficient (Wildman–Crippen LogP) is 1.73. The van der Waals surface area contributed by atoms with Crippen molar-refractivity contribution < 1.29 is 23.9 Å². The number of hydrogen-bond donors (Lipinski definition) is 1. The van der Waals surface area contributed by atoms with Gasteiger partial charge < -0.3 is 19.9 Å². The molecule has 2 saturated heterocycles. The monoisotopic (exact) mass is 471 g/mol. The minimum Gasteiger partial charge on any atom is -0.455 e. The summed E-state index contributed by atoms with van der Waals surface area (Å²) in [7, 11) is 0. The van der Waals surface area contributed by atoms with Gasteiger partial charge in [0.05, 0.1) is 12.1 Å². The van der Waals surface area contributed by atoms with Crippen molar-refractivity contribution in [1.82, 2.24) is 14.8 Å². The van der Waals surface area contributed by atoms with Crippen LogP contribution in [-0.4, -0.2) is 77.9 Å². The van der Waals surface area contributed by atoms with E-state index < -0.39 is 5.97 Å². The van der Waals surface area contributed by atoms with E-state index in [1.54, 1.807) is 20.1 Å². The molecular weight excluding hydrogens is 446 g/mol. The van der Waals surface area contributed by atoms with Crippen molar-refractivity contribution in [2.45, 2.75) is 19.3 Å². The average molecular weight is 472 g/mol. The van der Waals surface area contributed by atoms with Crippen molar-refractivity contribution in [2.75, 3.05) is 49.5 Å². The van der Waals surface area contributed by atoms with Gasteiger partial charge in [-0.3, -0.25) is 19.3 Å². The van der Waals surface area contributed by atoms with Crippen LogP contribution in [0.1, 0.15) is 18.5 Å². The average Bonchev–Trinajstić information content (AvgIpc) is 3.46. The van der Waals surface area contributed by atoms with E-state index in [1.165, 1.54) is 11.3 Å².